The Labute approximate surface area is 135 Å². The second-order valence-electron chi connectivity index (χ2n) is 5.94. The molecule has 1 heterocycles. The first-order valence-electron chi connectivity index (χ1n) is 7.74. The quantitative estimate of drug-likeness (QED) is 0.943. The SMILES string of the molecule is Cc1ccc(N2C(=O)CCC(C(=O)O)C2c2ccccc2)cc1. The lowest BCUT2D eigenvalue weighted by atomic mass is 9.84. The fourth-order valence-electron chi connectivity index (χ4n) is 3.19. The Bertz CT molecular complexity index is 709. The van der Waals surface area contributed by atoms with Gasteiger partial charge in [-0.3, -0.25) is 9.59 Å². The van der Waals surface area contributed by atoms with Crippen LogP contribution in [0.5, 0.6) is 0 Å². The number of carbonyl (C=O) groups is 2. The maximum atomic E-state index is 12.6. The highest BCUT2D eigenvalue weighted by Gasteiger charge is 2.41. The molecule has 23 heavy (non-hydrogen) atoms. The highest BCUT2D eigenvalue weighted by molar-refractivity contribution is 5.96. The van der Waals surface area contributed by atoms with Crippen LogP contribution in [0.15, 0.2) is 54.6 Å². The predicted molar refractivity (Wildman–Crippen MR) is 88.2 cm³/mol. The van der Waals surface area contributed by atoms with Gasteiger partial charge in [-0.05, 0) is 31.0 Å². The Hall–Kier alpha value is -2.62. The van der Waals surface area contributed by atoms with Crippen molar-refractivity contribution in [2.24, 2.45) is 5.92 Å². The third-order valence-corrected chi connectivity index (χ3v) is 4.37. The summed E-state index contributed by atoms with van der Waals surface area (Å²) in [5.41, 5.74) is 2.71. The van der Waals surface area contributed by atoms with E-state index in [1.54, 1.807) is 4.90 Å². The van der Waals surface area contributed by atoms with Gasteiger partial charge in [0.05, 0.1) is 12.0 Å². The van der Waals surface area contributed by atoms with Crippen molar-refractivity contribution in [2.75, 3.05) is 4.90 Å². The number of rotatable bonds is 3. The molecule has 118 valence electrons. The summed E-state index contributed by atoms with van der Waals surface area (Å²) in [5, 5.41) is 9.63. The number of hydrogen-bond donors (Lipinski definition) is 1. The van der Waals surface area contributed by atoms with Gasteiger partial charge < -0.3 is 10.0 Å². The minimum absolute atomic E-state index is 0.0276. The third kappa shape index (κ3) is 2.97. The average Bonchev–Trinajstić information content (AvgIpc) is 2.56. The minimum Gasteiger partial charge on any atom is -0.481 e. The Kier molecular flexibility index (Phi) is 4.15. The van der Waals surface area contributed by atoms with Gasteiger partial charge in [0.25, 0.3) is 0 Å². The maximum Gasteiger partial charge on any atom is 0.308 e. The molecule has 0 aliphatic carbocycles. The van der Waals surface area contributed by atoms with Crippen LogP contribution in [0.4, 0.5) is 5.69 Å². The van der Waals surface area contributed by atoms with Crippen LogP contribution in [-0.2, 0) is 9.59 Å². The van der Waals surface area contributed by atoms with Gasteiger partial charge in [-0.15, -0.1) is 0 Å². The van der Waals surface area contributed by atoms with E-state index in [2.05, 4.69) is 0 Å². The summed E-state index contributed by atoms with van der Waals surface area (Å²) in [4.78, 5) is 26.0. The molecule has 0 radical (unpaired) electrons. The zero-order chi connectivity index (χ0) is 16.4. The van der Waals surface area contributed by atoms with Crippen LogP contribution < -0.4 is 4.90 Å². The summed E-state index contributed by atoms with van der Waals surface area (Å²) in [6.07, 6.45) is 0.629. The molecule has 1 aliphatic rings. The molecule has 0 spiro atoms. The molecule has 2 atom stereocenters. The van der Waals surface area contributed by atoms with Gasteiger partial charge in [0.15, 0.2) is 0 Å². The first-order chi connectivity index (χ1) is 11.1. The zero-order valence-corrected chi connectivity index (χ0v) is 13.0. The van der Waals surface area contributed by atoms with E-state index in [1.807, 2.05) is 61.5 Å². The maximum absolute atomic E-state index is 12.6. The van der Waals surface area contributed by atoms with Gasteiger partial charge >= 0.3 is 5.97 Å². The van der Waals surface area contributed by atoms with Gasteiger partial charge in [0, 0.05) is 12.1 Å². The largest absolute Gasteiger partial charge is 0.481 e. The van der Waals surface area contributed by atoms with Crippen molar-refractivity contribution in [3.05, 3.63) is 65.7 Å². The first kappa shape index (κ1) is 15.3. The second kappa shape index (κ2) is 6.24. The smallest absolute Gasteiger partial charge is 0.308 e. The van der Waals surface area contributed by atoms with Crippen LogP contribution in [-0.4, -0.2) is 17.0 Å². The molecular formula is C19H19NO3. The number of amides is 1. The number of benzene rings is 2. The topological polar surface area (TPSA) is 57.6 Å². The van der Waals surface area contributed by atoms with Gasteiger partial charge in [0.2, 0.25) is 5.91 Å². The van der Waals surface area contributed by atoms with E-state index in [1.165, 1.54) is 0 Å². The lowest BCUT2D eigenvalue weighted by Gasteiger charge is -2.39. The molecule has 0 saturated carbocycles. The molecule has 1 N–H and O–H groups in total. The predicted octanol–water partition coefficient (Wildman–Crippen LogP) is 3.56. The van der Waals surface area contributed by atoms with Crippen molar-refractivity contribution >= 4 is 17.6 Å². The molecule has 4 heteroatoms. The molecule has 2 aromatic carbocycles. The van der Waals surface area contributed by atoms with Gasteiger partial charge in [0.1, 0.15) is 0 Å². The summed E-state index contributed by atoms with van der Waals surface area (Å²) in [6.45, 7) is 1.98. The monoisotopic (exact) mass is 309 g/mol. The Balaban J connectivity index is 2.09. The number of carboxylic acid groups (broad SMARTS) is 1. The number of carboxylic acids is 1. The minimum atomic E-state index is -0.858. The van der Waals surface area contributed by atoms with E-state index in [9.17, 15) is 14.7 Å². The molecule has 3 rings (SSSR count). The molecule has 1 fully saturated rings. The van der Waals surface area contributed by atoms with E-state index in [4.69, 9.17) is 0 Å². The van der Waals surface area contributed by atoms with Gasteiger partial charge in [-0.2, -0.15) is 0 Å². The van der Waals surface area contributed by atoms with E-state index in [-0.39, 0.29) is 12.3 Å². The molecule has 1 saturated heterocycles. The van der Waals surface area contributed by atoms with E-state index < -0.39 is 17.9 Å². The number of piperidine rings is 1. The van der Waals surface area contributed by atoms with Crippen molar-refractivity contribution in [3.8, 4) is 0 Å². The summed E-state index contributed by atoms with van der Waals surface area (Å²) in [5.74, 6) is -1.49. The molecule has 4 nitrogen and oxygen atoms in total. The summed E-state index contributed by atoms with van der Waals surface area (Å²) in [7, 11) is 0. The third-order valence-electron chi connectivity index (χ3n) is 4.37. The number of nitrogens with zero attached hydrogens (tertiary/aromatic N) is 1. The Morgan fingerprint density at radius 2 is 1.74 bits per heavy atom. The number of aryl methyl sites for hydroxylation is 1. The van der Waals surface area contributed by atoms with Crippen molar-refractivity contribution in [1.82, 2.24) is 0 Å². The molecule has 0 aromatic heterocycles. The number of carbonyl (C=O) groups excluding carboxylic acids is 1. The van der Waals surface area contributed by atoms with Crippen molar-refractivity contribution < 1.29 is 14.7 Å². The van der Waals surface area contributed by atoms with Gasteiger partial charge in [-0.25, -0.2) is 0 Å². The molecule has 2 unspecified atom stereocenters. The Morgan fingerprint density at radius 1 is 1.09 bits per heavy atom. The van der Waals surface area contributed by atoms with Crippen LogP contribution in [0.3, 0.4) is 0 Å². The fourth-order valence-corrected chi connectivity index (χ4v) is 3.19. The van der Waals surface area contributed by atoms with E-state index in [0.29, 0.717) is 6.42 Å². The normalized spacial score (nSPS) is 21.3. The molecular weight excluding hydrogens is 290 g/mol. The van der Waals surface area contributed by atoms with Crippen LogP contribution >= 0.6 is 0 Å². The molecule has 0 bridgehead atoms. The summed E-state index contributed by atoms with van der Waals surface area (Å²) in [6, 6.07) is 16.6. The van der Waals surface area contributed by atoms with Crippen molar-refractivity contribution in [2.45, 2.75) is 25.8 Å². The van der Waals surface area contributed by atoms with Crippen molar-refractivity contribution in [3.63, 3.8) is 0 Å². The van der Waals surface area contributed by atoms with Crippen LogP contribution in [0, 0.1) is 12.8 Å². The van der Waals surface area contributed by atoms with Crippen LogP contribution in [0.2, 0.25) is 0 Å². The summed E-state index contributed by atoms with van der Waals surface area (Å²) < 4.78 is 0. The number of hydrogen-bond acceptors (Lipinski definition) is 2. The molecule has 1 amide bonds. The van der Waals surface area contributed by atoms with Crippen molar-refractivity contribution in [1.29, 1.82) is 0 Å². The number of aliphatic carboxylic acids is 1. The second-order valence-corrected chi connectivity index (χ2v) is 5.94. The van der Waals surface area contributed by atoms with Crippen LogP contribution in [0.1, 0.15) is 30.0 Å². The fraction of sp³-hybridized carbons (Fsp3) is 0.263. The molecule has 1 aliphatic heterocycles. The van der Waals surface area contributed by atoms with Crippen LogP contribution in [0.25, 0.3) is 0 Å². The van der Waals surface area contributed by atoms with E-state index in [0.717, 1.165) is 16.8 Å². The average molecular weight is 309 g/mol. The lowest BCUT2D eigenvalue weighted by Crippen LogP contribution is -2.45. The lowest BCUT2D eigenvalue weighted by molar-refractivity contribution is -0.144. The first-order valence-corrected chi connectivity index (χ1v) is 7.74. The Morgan fingerprint density at radius 3 is 2.35 bits per heavy atom. The standard InChI is InChI=1S/C19H19NO3/c1-13-7-9-15(10-8-13)20-17(21)12-11-16(19(22)23)18(20)14-5-3-2-4-6-14/h2-10,16,18H,11-12H2,1H3,(H,22,23). The summed E-state index contributed by atoms with van der Waals surface area (Å²) >= 11 is 0. The van der Waals surface area contributed by atoms with E-state index >= 15 is 0 Å². The highest BCUT2D eigenvalue weighted by atomic mass is 16.4. The molecule has 2 aromatic rings. The highest BCUT2D eigenvalue weighted by Crippen LogP contribution is 2.39. The van der Waals surface area contributed by atoms with Gasteiger partial charge in [-0.1, -0.05) is 48.0 Å². The zero-order valence-electron chi connectivity index (χ0n) is 13.0. The number of anilines is 1.